The number of nitrogens with one attached hydrogen (secondary N) is 1. The molecule has 0 heterocycles. The molecule has 1 unspecified atom stereocenters. The first kappa shape index (κ1) is 13.6. The van der Waals surface area contributed by atoms with E-state index in [4.69, 9.17) is 11.5 Å². The van der Waals surface area contributed by atoms with Gasteiger partial charge >= 0.3 is 0 Å². The van der Waals surface area contributed by atoms with Gasteiger partial charge in [-0.1, -0.05) is 0 Å². The number of carbonyl (C=O) groups excluding carboxylic acids is 1. The number of nitrogens with zero attached hydrogens (tertiary/aromatic N) is 2. The zero-order valence-electron chi connectivity index (χ0n) is 9.45. The van der Waals surface area contributed by atoms with Crippen molar-refractivity contribution in [3.63, 3.8) is 0 Å². The molecule has 0 aromatic heterocycles. The number of hydrogen-bond acceptors (Lipinski definition) is 4. The van der Waals surface area contributed by atoms with E-state index in [0.29, 0.717) is 18.1 Å². The third-order valence-corrected chi connectivity index (χ3v) is 2.07. The van der Waals surface area contributed by atoms with Crippen molar-refractivity contribution >= 4 is 17.5 Å². The lowest BCUT2D eigenvalue weighted by Crippen LogP contribution is -2.39. The molecule has 15 heavy (non-hydrogen) atoms. The SMILES string of the molecule is CN=C(N)C(CNC)C(CC(N)=O)=NC. The Kier molecular flexibility index (Phi) is 6.28. The van der Waals surface area contributed by atoms with Crippen molar-refractivity contribution in [2.75, 3.05) is 27.7 Å². The van der Waals surface area contributed by atoms with Crippen molar-refractivity contribution < 1.29 is 4.79 Å². The van der Waals surface area contributed by atoms with Gasteiger partial charge in [-0.3, -0.25) is 14.8 Å². The highest BCUT2D eigenvalue weighted by Crippen LogP contribution is 2.03. The van der Waals surface area contributed by atoms with Gasteiger partial charge in [0.15, 0.2) is 0 Å². The van der Waals surface area contributed by atoms with Crippen LogP contribution in [-0.4, -0.2) is 45.1 Å². The Labute approximate surface area is 89.8 Å². The molecule has 0 bridgehead atoms. The van der Waals surface area contributed by atoms with E-state index < -0.39 is 5.91 Å². The Bertz CT molecular complexity index is 272. The third kappa shape index (κ3) is 4.55. The van der Waals surface area contributed by atoms with Crippen LogP contribution in [0.3, 0.4) is 0 Å². The number of primary amides is 1. The summed E-state index contributed by atoms with van der Waals surface area (Å²) in [4.78, 5) is 18.8. The summed E-state index contributed by atoms with van der Waals surface area (Å²) in [6.07, 6.45) is 0.110. The van der Waals surface area contributed by atoms with Crippen molar-refractivity contribution in [1.29, 1.82) is 0 Å². The topological polar surface area (TPSA) is 106 Å². The smallest absolute Gasteiger partial charge is 0.223 e. The Morgan fingerprint density at radius 3 is 2.27 bits per heavy atom. The molecule has 0 aliphatic rings. The Balaban J connectivity index is 4.79. The molecule has 0 aliphatic heterocycles. The molecule has 0 radical (unpaired) electrons. The minimum absolute atomic E-state index is 0.110. The molecular formula is C9H19N5O. The number of hydrogen-bond donors (Lipinski definition) is 3. The largest absolute Gasteiger partial charge is 0.387 e. The minimum atomic E-state index is -0.416. The van der Waals surface area contributed by atoms with E-state index in [1.807, 2.05) is 0 Å². The van der Waals surface area contributed by atoms with Crippen molar-refractivity contribution in [1.82, 2.24) is 5.32 Å². The predicted molar refractivity (Wildman–Crippen MR) is 62.1 cm³/mol. The van der Waals surface area contributed by atoms with Crippen LogP contribution in [0.2, 0.25) is 0 Å². The second-order valence-corrected chi connectivity index (χ2v) is 3.12. The Morgan fingerprint density at radius 1 is 1.33 bits per heavy atom. The van der Waals surface area contributed by atoms with Gasteiger partial charge in [0, 0.05) is 26.4 Å². The van der Waals surface area contributed by atoms with Crippen molar-refractivity contribution in [2.24, 2.45) is 27.4 Å². The lowest BCUT2D eigenvalue weighted by molar-refractivity contribution is -0.116. The molecular weight excluding hydrogens is 194 g/mol. The highest BCUT2D eigenvalue weighted by atomic mass is 16.1. The molecule has 0 aromatic carbocycles. The number of aliphatic imine (C=N–C) groups is 2. The van der Waals surface area contributed by atoms with E-state index in [0.717, 1.165) is 0 Å². The molecule has 0 saturated heterocycles. The predicted octanol–water partition coefficient (Wildman–Crippen LogP) is -1.24. The first-order chi connectivity index (χ1) is 7.06. The van der Waals surface area contributed by atoms with Gasteiger partial charge in [-0.05, 0) is 7.05 Å². The first-order valence-electron chi connectivity index (χ1n) is 4.67. The van der Waals surface area contributed by atoms with Gasteiger partial charge in [0.1, 0.15) is 5.84 Å². The maximum absolute atomic E-state index is 10.8. The van der Waals surface area contributed by atoms with Crippen LogP contribution < -0.4 is 16.8 Å². The van der Waals surface area contributed by atoms with E-state index in [1.54, 1.807) is 21.1 Å². The molecule has 0 aromatic rings. The quantitative estimate of drug-likeness (QED) is 0.379. The van der Waals surface area contributed by atoms with Gasteiger partial charge < -0.3 is 16.8 Å². The van der Waals surface area contributed by atoms with Crippen molar-refractivity contribution in [2.45, 2.75) is 6.42 Å². The average molecular weight is 213 g/mol. The summed E-state index contributed by atoms with van der Waals surface area (Å²) in [5.41, 5.74) is 11.5. The van der Waals surface area contributed by atoms with Crippen LogP contribution in [0.25, 0.3) is 0 Å². The first-order valence-corrected chi connectivity index (χ1v) is 4.67. The number of rotatable bonds is 6. The van der Waals surface area contributed by atoms with Crippen LogP contribution >= 0.6 is 0 Å². The summed E-state index contributed by atoms with van der Waals surface area (Å²) < 4.78 is 0. The highest BCUT2D eigenvalue weighted by molar-refractivity contribution is 6.12. The van der Waals surface area contributed by atoms with E-state index in [-0.39, 0.29) is 12.3 Å². The van der Waals surface area contributed by atoms with Gasteiger partial charge in [-0.2, -0.15) is 0 Å². The molecule has 86 valence electrons. The van der Waals surface area contributed by atoms with E-state index in [2.05, 4.69) is 15.3 Å². The van der Waals surface area contributed by atoms with Crippen molar-refractivity contribution in [3.8, 4) is 0 Å². The lowest BCUT2D eigenvalue weighted by Gasteiger charge is -2.17. The molecule has 1 amide bonds. The number of carbonyl (C=O) groups is 1. The third-order valence-electron chi connectivity index (χ3n) is 2.07. The van der Waals surface area contributed by atoms with E-state index in [9.17, 15) is 4.79 Å². The molecule has 0 spiro atoms. The fraction of sp³-hybridized carbons (Fsp3) is 0.667. The van der Waals surface area contributed by atoms with Crippen LogP contribution in [-0.2, 0) is 4.79 Å². The summed E-state index contributed by atoms with van der Waals surface area (Å²) in [5, 5.41) is 2.98. The monoisotopic (exact) mass is 213 g/mol. The minimum Gasteiger partial charge on any atom is -0.387 e. The fourth-order valence-corrected chi connectivity index (χ4v) is 1.29. The van der Waals surface area contributed by atoms with E-state index >= 15 is 0 Å². The number of amidine groups is 1. The van der Waals surface area contributed by atoms with Crippen LogP contribution in [0.4, 0.5) is 0 Å². The number of nitrogens with two attached hydrogens (primary N) is 2. The van der Waals surface area contributed by atoms with Gasteiger partial charge in [0.05, 0.1) is 12.3 Å². The molecule has 0 aliphatic carbocycles. The maximum Gasteiger partial charge on any atom is 0.223 e. The average Bonchev–Trinajstić information content (AvgIpc) is 2.21. The summed E-state index contributed by atoms with van der Waals surface area (Å²) in [5.74, 6) is -0.135. The Morgan fingerprint density at radius 2 is 1.93 bits per heavy atom. The maximum atomic E-state index is 10.8. The second-order valence-electron chi connectivity index (χ2n) is 3.12. The number of amides is 1. The zero-order valence-corrected chi connectivity index (χ0v) is 9.45. The molecule has 5 N–H and O–H groups in total. The van der Waals surface area contributed by atoms with E-state index in [1.165, 1.54) is 0 Å². The molecule has 0 rings (SSSR count). The Hall–Kier alpha value is -1.43. The van der Waals surface area contributed by atoms with Gasteiger partial charge in [0.2, 0.25) is 5.91 Å². The van der Waals surface area contributed by atoms with Crippen LogP contribution in [0.1, 0.15) is 6.42 Å². The van der Waals surface area contributed by atoms with Gasteiger partial charge in [0.25, 0.3) is 0 Å². The highest BCUT2D eigenvalue weighted by Gasteiger charge is 2.20. The van der Waals surface area contributed by atoms with Crippen LogP contribution in [0.5, 0.6) is 0 Å². The standard InChI is InChI=1S/C9H19N5O/c1-12-5-6(9(11)14-3)7(13-2)4-8(10)15/h6,12H,4-5H2,1-3H3,(H2,10,15)(H2,11,14). The normalized spacial score (nSPS) is 15.1. The molecule has 6 heteroatoms. The van der Waals surface area contributed by atoms with Gasteiger partial charge in [-0.15, -0.1) is 0 Å². The molecule has 6 nitrogen and oxygen atoms in total. The zero-order chi connectivity index (χ0) is 11.8. The second kappa shape index (κ2) is 6.94. The summed E-state index contributed by atoms with van der Waals surface area (Å²) in [6.45, 7) is 0.586. The summed E-state index contributed by atoms with van der Waals surface area (Å²) >= 11 is 0. The van der Waals surface area contributed by atoms with Crippen molar-refractivity contribution in [3.05, 3.63) is 0 Å². The summed E-state index contributed by atoms with van der Waals surface area (Å²) in [6, 6.07) is 0. The van der Waals surface area contributed by atoms with Crippen LogP contribution in [0.15, 0.2) is 9.98 Å². The molecule has 1 atom stereocenters. The fourth-order valence-electron chi connectivity index (χ4n) is 1.29. The molecule has 0 fully saturated rings. The summed E-state index contributed by atoms with van der Waals surface area (Å²) in [7, 11) is 5.02. The molecule has 0 saturated carbocycles. The lowest BCUT2D eigenvalue weighted by atomic mass is 9.99. The van der Waals surface area contributed by atoms with Crippen LogP contribution in [0, 0.1) is 5.92 Å². The van der Waals surface area contributed by atoms with Gasteiger partial charge in [-0.25, -0.2) is 0 Å².